The van der Waals surface area contributed by atoms with Gasteiger partial charge in [0.25, 0.3) is 12.0 Å². The SMILES string of the molecule is O=C(Cn1cc(Br)cc(C(F)F)c1=O)N1CCC(c2nc(C3=NOC(c4c(Cl)cc(Cl)cc4Cl)C3)cs2)CC1. The van der Waals surface area contributed by atoms with Crippen LogP contribution >= 0.6 is 62.1 Å². The van der Waals surface area contributed by atoms with Crippen LogP contribution in [0.25, 0.3) is 0 Å². The molecule has 1 saturated heterocycles. The molecular weight excluding hydrogens is 661 g/mol. The number of thiazole rings is 1. The molecule has 0 saturated carbocycles. The van der Waals surface area contributed by atoms with Crippen molar-refractivity contribution in [1.82, 2.24) is 14.5 Å². The second-order valence-electron chi connectivity index (χ2n) is 9.19. The van der Waals surface area contributed by atoms with E-state index in [-0.39, 0.29) is 18.4 Å². The molecule has 0 radical (unpaired) electrons. The highest BCUT2D eigenvalue weighted by Gasteiger charge is 2.31. The summed E-state index contributed by atoms with van der Waals surface area (Å²) in [6.07, 6.45) is -0.168. The zero-order valence-corrected chi connectivity index (χ0v) is 24.7. The lowest BCUT2D eigenvalue weighted by Gasteiger charge is -2.31. The Morgan fingerprint density at radius 1 is 1.18 bits per heavy atom. The zero-order valence-electron chi connectivity index (χ0n) is 20.1. The minimum Gasteiger partial charge on any atom is -0.387 e. The number of benzene rings is 1. The number of pyridine rings is 1. The molecule has 5 rings (SSSR count). The van der Waals surface area contributed by atoms with E-state index in [4.69, 9.17) is 44.6 Å². The van der Waals surface area contributed by atoms with Crippen molar-refractivity contribution < 1.29 is 18.4 Å². The van der Waals surface area contributed by atoms with Crippen LogP contribution in [0.15, 0.2) is 44.2 Å². The van der Waals surface area contributed by atoms with Crippen molar-refractivity contribution in [3.05, 3.63) is 81.5 Å². The van der Waals surface area contributed by atoms with Gasteiger partial charge in [0.05, 0.1) is 26.3 Å². The van der Waals surface area contributed by atoms with E-state index >= 15 is 0 Å². The summed E-state index contributed by atoms with van der Waals surface area (Å²) in [6, 6.07) is 4.30. The summed E-state index contributed by atoms with van der Waals surface area (Å²) < 4.78 is 27.7. The van der Waals surface area contributed by atoms with Crippen molar-refractivity contribution in [2.75, 3.05) is 13.1 Å². The Labute approximate surface area is 249 Å². The van der Waals surface area contributed by atoms with Crippen LogP contribution in [-0.2, 0) is 16.2 Å². The lowest BCUT2D eigenvalue weighted by Crippen LogP contribution is -2.41. The number of hydrogen-bond acceptors (Lipinski definition) is 6. The van der Waals surface area contributed by atoms with Crippen molar-refractivity contribution in [2.45, 2.75) is 44.3 Å². The van der Waals surface area contributed by atoms with E-state index in [0.29, 0.717) is 63.2 Å². The second kappa shape index (κ2) is 11.8. The summed E-state index contributed by atoms with van der Waals surface area (Å²) in [5.74, 6) is -0.137. The number of aromatic nitrogens is 2. The molecule has 206 valence electrons. The number of likely N-dealkylation sites (tertiary alicyclic amines) is 1. The molecule has 1 atom stereocenters. The van der Waals surface area contributed by atoms with Crippen LogP contribution in [0.2, 0.25) is 15.1 Å². The average molecular weight is 681 g/mol. The minimum absolute atomic E-state index is 0.158. The molecule has 2 aromatic heterocycles. The predicted octanol–water partition coefficient (Wildman–Crippen LogP) is 7.24. The largest absolute Gasteiger partial charge is 0.387 e. The molecule has 39 heavy (non-hydrogen) atoms. The number of amides is 1. The number of oxime groups is 1. The molecular formula is C25H20BrCl3F2N4O3S. The molecule has 7 nitrogen and oxygen atoms in total. The monoisotopic (exact) mass is 678 g/mol. The molecule has 3 aromatic rings. The van der Waals surface area contributed by atoms with Gasteiger partial charge in [-0.25, -0.2) is 13.8 Å². The average Bonchev–Trinajstić information content (AvgIpc) is 3.56. The third-order valence-electron chi connectivity index (χ3n) is 6.67. The maximum Gasteiger partial charge on any atom is 0.269 e. The molecule has 1 fully saturated rings. The molecule has 14 heteroatoms. The Bertz CT molecular complexity index is 1480. The van der Waals surface area contributed by atoms with Gasteiger partial charge >= 0.3 is 0 Å². The lowest BCUT2D eigenvalue weighted by atomic mass is 9.97. The number of hydrogen-bond donors (Lipinski definition) is 0. The second-order valence-corrected chi connectivity index (χ2v) is 12.2. The third-order valence-corrected chi connectivity index (χ3v) is 8.95. The number of alkyl halides is 2. The van der Waals surface area contributed by atoms with E-state index in [1.54, 1.807) is 17.0 Å². The van der Waals surface area contributed by atoms with Crippen molar-refractivity contribution >= 4 is 73.7 Å². The normalized spacial score (nSPS) is 18.0. The van der Waals surface area contributed by atoms with Crippen LogP contribution in [0, 0.1) is 0 Å². The standard InChI is InChI=1S/C25H20BrCl3F2N4O3S/c26-13-5-15(23(30)31)25(37)35(9-13)10-21(36)34-3-1-12(2-4-34)24-32-19(11-39-24)18-8-20(38-33-18)22-16(28)6-14(27)7-17(22)29/h5-7,9,11-12,20,23H,1-4,8,10H2. The number of carbonyl (C=O) groups is 1. The lowest BCUT2D eigenvalue weighted by molar-refractivity contribution is -0.133. The maximum absolute atomic E-state index is 13.2. The van der Waals surface area contributed by atoms with Crippen LogP contribution in [0.3, 0.4) is 0 Å². The molecule has 4 heterocycles. The van der Waals surface area contributed by atoms with Gasteiger partial charge in [-0.05, 0) is 47.0 Å². The highest BCUT2D eigenvalue weighted by molar-refractivity contribution is 9.10. The van der Waals surface area contributed by atoms with Gasteiger partial charge < -0.3 is 14.3 Å². The fourth-order valence-corrected chi connectivity index (χ4v) is 7.22. The number of nitrogens with zero attached hydrogens (tertiary/aromatic N) is 4. The van der Waals surface area contributed by atoms with Gasteiger partial charge in [0.2, 0.25) is 5.91 Å². The maximum atomic E-state index is 13.2. The third kappa shape index (κ3) is 6.17. The zero-order chi connectivity index (χ0) is 27.8. The van der Waals surface area contributed by atoms with Crippen LogP contribution in [-0.4, -0.2) is 39.2 Å². The summed E-state index contributed by atoms with van der Waals surface area (Å²) in [7, 11) is 0. The Morgan fingerprint density at radius 3 is 2.54 bits per heavy atom. The first-order valence-electron chi connectivity index (χ1n) is 11.9. The molecule has 0 spiro atoms. The smallest absolute Gasteiger partial charge is 0.269 e. The van der Waals surface area contributed by atoms with Gasteiger partial charge in [0.1, 0.15) is 12.3 Å². The van der Waals surface area contributed by atoms with Gasteiger partial charge in [-0.15, -0.1) is 11.3 Å². The fourth-order valence-electron chi connectivity index (χ4n) is 4.67. The summed E-state index contributed by atoms with van der Waals surface area (Å²) >= 11 is 23.3. The Kier molecular flexibility index (Phi) is 8.63. The number of halogens is 6. The molecule has 1 unspecified atom stereocenters. The molecule has 0 aliphatic carbocycles. The molecule has 1 aromatic carbocycles. The first-order chi connectivity index (χ1) is 18.6. The van der Waals surface area contributed by atoms with Crippen LogP contribution in [0.5, 0.6) is 0 Å². The van der Waals surface area contributed by atoms with Crippen LogP contribution in [0.4, 0.5) is 8.78 Å². The molecule has 2 aliphatic heterocycles. The van der Waals surface area contributed by atoms with E-state index in [0.717, 1.165) is 21.3 Å². The molecule has 2 aliphatic rings. The van der Waals surface area contributed by atoms with E-state index in [9.17, 15) is 18.4 Å². The summed E-state index contributed by atoms with van der Waals surface area (Å²) in [6.45, 7) is 0.651. The molecule has 1 amide bonds. The topological polar surface area (TPSA) is 76.8 Å². The number of rotatable bonds is 6. The van der Waals surface area contributed by atoms with E-state index < -0.39 is 23.7 Å². The predicted molar refractivity (Wildman–Crippen MR) is 150 cm³/mol. The highest BCUT2D eigenvalue weighted by Crippen LogP contribution is 2.40. The van der Waals surface area contributed by atoms with Crippen molar-refractivity contribution in [3.8, 4) is 0 Å². The van der Waals surface area contributed by atoms with Gasteiger partial charge in [0, 0.05) is 52.1 Å². The van der Waals surface area contributed by atoms with Crippen molar-refractivity contribution in [3.63, 3.8) is 0 Å². The van der Waals surface area contributed by atoms with Crippen molar-refractivity contribution in [2.24, 2.45) is 5.16 Å². The quantitative estimate of drug-likeness (QED) is 0.275. The van der Waals surface area contributed by atoms with Gasteiger partial charge in [-0.1, -0.05) is 40.0 Å². The first kappa shape index (κ1) is 28.5. The van der Waals surface area contributed by atoms with E-state index in [2.05, 4.69) is 21.1 Å². The number of carbonyl (C=O) groups excluding carboxylic acids is 1. The van der Waals surface area contributed by atoms with Gasteiger partial charge in [-0.2, -0.15) is 0 Å². The summed E-state index contributed by atoms with van der Waals surface area (Å²) in [4.78, 5) is 37.2. The summed E-state index contributed by atoms with van der Waals surface area (Å²) in [5.41, 5.74) is 0.539. The van der Waals surface area contributed by atoms with Crippen LogP contribution < -0.4 is 5.56 Å². The number of piperidine rings is 1. The van der Waals surface area contributed by atoms with Crippen LogP contribution in [0.1, 0.15) is 59.5 Å². The molecule has 0 N–H and O–H groups in total. The van der Waals surface area contributed by atoms with E-state index in [1.807, 2.05) is 5.38 Å². The fraction of sp³-hybridized carbons (Fsp3) is 0.360. The Morgan fingerprint density at radius 2 is 1.87 bits per heavy atom. The highest BCUT2D eigenvalue weighted by atomic mass is 79.9. The van der Waals surface area contributed by atoms with Gasteiger partial charge in [0.15, 0.2) is 6.10 Å². The molecule has 0 bridgehead atoms. The Balaban J connectivity index is 1.19. The van der Waals surface area contributed by atoms with E-state index in [1.165, 1.54) is 17.5 Å². The summed E-state index contributed by atoms with van der Waals surface area (Å²) in [5, 5.41) is 8.34. The Hall–Kier alpha value is -2.05. The first-order valence-corrected chi connectivity index (χ1v) is 14.7. The van der Waals surface area contributed by atoms with Crippen molar-refractivity contribution in [1.29, 1.82) is 0 Å². The minimum atomic E-state index is -2.92. The van der Waals surface area contributed by atoms with Gasteiger partial charge in [-0.3, -0.25) is 9.59 Å².